The number of hydrogen-bond donors (Lipinski definition) is 0. The minimum absolute atomic E-state index is 0.726. The van der Waals surface area contributed by atoms with Crippen LogP contribution in [0, 0.1) is 0 Å². The van der Waals surface area contributed by atoms with Gasteiger partial charge in [0, 0.05) is 0 Å². The van der Waals surface area contributed by atoms with E-state index in [2.05, 4.69) is 56.1 Å². The minimum Gasteiger partial charge on any atom is -0.0791 e. The lowest BCUT2D eigenvalue weighted by molar-refractivity contribution is 1.16. The van der Waals surface area contributed by atoms with Crippen LogP contribution in [-0.2, 0) is 0 Å². The van der Waals surface area contributed by atoms with Crippen LogP contribution in [0.1, 0.15) is 16.7 Å². The van der Waals surface area contributed by atoms with Crippen LogP contribution < -0.4 is 0 Å². The van der Waals surface area contributed by atoms with Gasteiger partial charge in [-0.3, -0.25) is 0 Å². The zero-order valence-electron chi connectivity index (χ0n) is 8.54. The summed E-state index contributed by atoms with van der Waals surface area (Å²) in [7, 11) is -1.06. The Morgan fingerprint density at radius 1 is 1.08 bits per heavy atom. The van der Waals surface area contributed by atoms with Gasteiger partial charge in [-0.25, -0.2) is 0 Å². The predicted octanol–water partition coefficient (Wildman–Crippen LogP) is 3.67. The average molecular weight is 188 g/mol. The van der Waals surface area contributed by atoms with Crippen molar-refractivity contribution in [2.75, 3.05) is 0 Å². The quantitative estimate of drug-likeness (QED) is 0.590. The van der Waals surface area contributed by atoms with E-state index in [0.717, 1.165) is 5.54 Å². The Hall–Kier alpha value is -0.823. The Labute approximate surface area is 81.3 Å². The summed E-state index contributed by atoms with van der Waals surface area (Å²) in [6.07, 6.45) is 4.66. The molecule has 0 aliphatic heterocycles. The van der Waals surface area contributed by atoms with Gasteiger partial charge in [-0.2, -0.15) is 0 Å². The number of rotatable bonds is 1. The van der Waals surface area contributed by atoms with Gasteiger partial charge in [-0.15, -0.1) is 0 Å². The molecule has 68 valence electrons. The van der Waals surface area contributed by atoms with Crippen LogP contribution in [0.3, 0.4) is 0 Å². The maximum absolute atomic E-state index is 2.43. The van der Waals surface area contributed by atoms with Crippen LogP contribution in [0.15, 0.2) is 30.3 Å². The molecule has 0 unspecified atom stereocenters. The Morgan fingerprint density at radius 3 is 2.46 bits per heavy atom. The molecule has 0 saturated heterocycles. The summed E-state index contributed by atoms with van der Waals surface area (Å²) in [4.78, 5) is 0. The molecule has 0 bridgehead atoms. The molecule has 1 heteroatoms. The Morgan fingerprint density at radius 2 is 1.77 bits per heavy atom. The van der Waals surface area contributed by atoms with Crippen molar-refractivity contribution in [3.05, 3.63) is 41.5 Å². The molecule has 0 fully saturated rings. The Balaban J connectivity index is 2.45. The van der Waals surface area contributed by atoms with Gasteiger partial charge in [0.25, 0.3) is 0 Å². The third-order valence-electron chi connectivity index (χ3n) is 2.73. The van der Waals surface area contributed by atoms with E-state index in [9.17, 15) is 0 Å². The van der Waals surface area contributed by atoms with Crippen molar-refractivity contribution < 1.29 is 0 Å². The molecule has 0 spiro atoms. The standard InChI is InChI=1S/C12H16Si/c1-13(2,3)12-9-8-10-6-4-5-7-11(10)12/h4-9,12H,1-3H3/t12-/m0/s1. The van der Waals surface area contributed by atoms with Crippen LogP contribution in [0.4, 0.5) is 0 Å². The van der Waals surface area contributed by atoms with Crippen LogP contribution in [0.2, 0.25) is 19.6 Å². The van der Waals surface area contributed by atoms with E-state index < -0.39 is 8.07 Å². The molecule has 1 aromatic rings. The molecular weight excluding hydrogens is 172 g/mol. The first-order valence-corrected chi connectivity index (χ1v) is 8.44. The minimum atomic E-state index is -1.06. The van der Waals surface area contributed by atoms with Crippen LogP contribution in [0.25, 0.3) is 6.08 Å². The average Bonchev–Trinajstić information content (AvgIpc) is 2.45. The van der Waals surface area contributed by atoms with Gasteiger partial charge in [0.1, 0.15) is 0 Å². The number of allylic oxidation sites excluding steroid dienone is 1. The first kappa shape index (κ1) is 8.76. The van der Waals surface area contributed by atoms with E-state index in [4.69, 9.17) is 0 Å². The van der Waals surface area contributed by atoms with Crippen molar-refractivity contribution in [2.24, 2.45) is 0 Å². The van der Waals surface area contributed by atoms with E-state index in [1.807, 2.05) is 0 Å². The van der Waals surface area contributed by atoms with Crippen molar-refractivity contribution in [3.63, 3.8) is 0 Å². The van der Waals surface area contributed by atoms with Crippen molar-refractivity contribution in [2.45, 2.75) is 25.2 Å². The molecule has 0 amide bonds. The fourth-order valence-electron chi connectivity index (χ4n) is 2.00. The van der Waals surface area contributed by atoms with Crippen molar-refractivity contribution >= 4 is 14.1 Å². The summed E-state index contributed by atoms with van der Waals surface area (Å²) < 4.78 is 0. The van der Waals surface area contributed by atoms with E-state index in [1.54, 1.807) is 5.56 Å². The van der Waals surface area contributed by atoms with Gasteiger partial charge in [0.15, 0.2) is 0 Å². The van der Waals surface area contributed by atoms with Gasteiger partial charge in [0.2, 0.25) is 0 Å². The summed E-state index contributed by atoms with van der Waals surface area (Å²) in [6.45, 7) is 7.30. The molecule has 0 saturated carbocycles. The van der Waals surface area contributed by atoms with Gasteiger partial charge in [-0.05, 0) is 16.7 Å². The smallest absolute Gasteiger partial charge is 0.0566 e. The van der Waals surface area contributed by atoms with E-state index in [-0.39, 0.29) is 0 Å². The van der Waals surface area contributed by atoms with Gasteiger partial charge in [-0.1, -0.05) is 56.1 Å². The van der Waals surface area contributed by atoms with Gasteiger partial charge in [0.05, 0.1) is 8.07 Å². The number of benzene rings is 1. The summed E-state index contributed by atoms with van der Waals surface area (Å²) >= 11 is 0. The van der Waals surface area contributed by atoms with Gasteiger partial charge < -0.3 is 0 Å². The highest BCUT2D eigenvalue weighted by atomic mass is 28.3. The Kier molecular flexibility index (Phi) is 1.92. The first-order chi connectivity index (χ1) is 6.09. The monoisotopic (exact) mass is 188 g/mol. The molecule has 13 heavy (non-hydrogen) atoms. The predicted molar refractivity (Wildman–Crippen MR) is 61.6 cm³/mol. The normalized spacial score (nSPS) is 20.4. The fourth-order valence-corrected chi connectivity index (χ4v) is 3.87. The molecule has 1 atom stereocenters. The van der Waals surface area contributed by atoms with E-state index in [0.29, 0.717) is 0 Å². The van der Waals surface area contributed by atoms with Crippen molar-refractivity contribution in [3.8, 4) is 0 Å². The molecule has 1 aromatic carbocycles. The van der Waals surface area contributed by atoms with Crippen molar-refractivity contribution in [1.29, 1.82) is 0 Å². The van der Waals surface area contributed by atoms with E-state index >= 15 is 0 Å². The molecule has 1 aliphatic carbocycles. The van der Waals surface area contributed by atoms with Gasteiger partial charge >= 0.3 is 0 Å². The molecule has 1 aliphatic rings. The third kappa shape index (κ3) is 1.48. The lowest BCUT2D eigenvalue weighted by atomic mass is 10.1. The van der Waals surface area contributed by atoms with Crippen LogP contribution in [-0.4, -0.2) is 8.07 Å². The number of fused-ring (bicyclic) bond motifs is 1. The first-order valence-electron chi connectivity index (χ1n) is 4.86. The fraction of sp³-hybridized carbons (Fsp3) is 0.333. The second-order valence-electron chi connectivity index (χ2n) is 4.83. The maximum atomic E-state index is 2.43. The zero-order chi connectivity index (χ0) is 9.47. The molecule has 0 nitrogen and oxygen atoms in total. The van der Waals surface area contributed by atoms with Crippen molar-refractivity contribution in [1.82, 2.24) is 0 Å². The SMILES string of the molecule is C[Si](C)(C)[C@H]1C=Cc2ccccc21. The molecule has 0 radical (unpaired) electrons. The second-order valence-corrected chi connectivity index (χ2v) is 10.2. The summed E-state index contributed by atoms with van der Waals surface area (Å²) in [6, 6.07) is 8.76. The zero-order valence-corrected chi connectivity index (χ0v) is 9.54. The highest BCUT2D eigenvalue weighted by molar-refractivity contribution is 6.78. The van der Waals surface area contributed by atoms with Crippen LogP contribution in [0.5, 0.6) is 0 Å². The lowest BCUT2D eigenvalue weighted by Crippen LogP contribution is -2.28. The summed E-state index contributed by atoms with van der Waals surface area (Å²) in [5, 5.41) is 0. The Bertz CT molecular complexity index is 344. The molecule has 0 N–H and O–H groups in total. The summed E-state index contributed by atoms with van der Waals surface area (Å²) in [5.74, 6) is 0. The topological polar surface area (TPSA) is 0 Å². The highest BCUT2D eigenvalue weighted by Crippen LogP contribution is 2.36. The largest absolute Gasteiger partial charge is 0.0791 e. The molecule has 2 rings (SSSR count). The second kappa shape index (κ2) is 2.84. The molecule has 0 heterocycles. The highest BCUT2D eigenvalue weighted by Gasteiger charge is 2.29. The van der Waals surface area contributed by atoms with Crippen LogP contribution >= 0.6 is 0 Å². The third-order valence-corrected chi connectivity index (χ3v) is 5.10. The molecular formula is C12H16Si. The summed E-state index contributed by atoms with van der Waals surface area (Å²) in [5.41, 5.74) is 3.69. The maximum Gasteiger partial charge on any atom is 0.0566 e. The lowest BCUT2D eigenvalue weighted by Gasteiger charge is -2.24. The van der Waals surface area contributed by atoms with E-state index in [1.165, 1.54) is 5.56 Å². The molecule has 0 aromatic heterocycles. The number of hydrogen-bond acceptors (Lipinski definition) is 0.